The minimum absolute atomic E-state index is 0.00634. The van der Waals surface area contributed by atoms with E-state index < -0.39 is 206 Å². The lowest BCUT2D eigenvalue weighted by molar-refractivity contribution is -0.301. The summed E-state index contributed by atoms with van der Waals surface area (Å²) >= 11 is 0. The van der Waals surface area contributed by atoms with E-state index in [1.54, 1.807) is 6.92 Å². The summed E-state index contributed by atoms with van der Waals surface area (Å²) in [5.74, 6) is -3.13. The molecule has 13 N–H and O–H groups in total. The molecule has 0 aromatic rings. The van der Waals surface area contributed by atoms with Crippen LogP contribution in [0.1, 0.15) is 199 Å². The van der Waals surface area contributed by atoms with Gasteiger partial charge in [-0.05, 0) is 179 Å². The number of rotatable bonds is 11. The van der Waals surface area contributed by atoms with Crippen LogP contribution in [0.2, 0.25) is 0 Å². The Morgan fingerprint density at radius 3 is 1.74 bits per heavy atom. The van der Waals surface area contributed by atoms with Crippen molar-refractivity contribution in [2.75, 3.05) is 13.2 Å². The lowest BCUT2D eigenvalue weighted by Gasteiger charge is -2.73. The molecular weight excluding hydrogens is 1220 g/mol. The zero-order valence-corrected chi connectivity index (χ0v) is 57.6. The molecule has 3 aliphatic heterocycles. The molecule has 0 unspecified atom stereocenters. The minimum Gasteiger partial charge on any atom is -0.481 e. The number of carbonyl (C=O) groups is 3. The fourth-order valence-electron chi connectivity index (χ4n) is 24.1. The molecule has 22 nitrogen and oxygen atoms in total. The molecule has 0 amide bonds. The lowest BCUT2D eigenvalue weighted by Crippen LogP contribution is -2.72. The molecule has 0 aromatic heterocycles. The molecule has 7 saturated carbocycles. The van der Waals surface area contributed by atoms with Gasteiger partial charge in [0.25, 0.3) is 0 Å². The second-order valence-electron chi connectivity index (χ2n) is 35.7. The van der Waals surface area contributed by atoms with Gasteiger partial charge in [-0.15, -0.1) is 0 Å². The van der Waals surface area contributed by atoms with Crippen LogP contribution in [0.15, 0.2) is 23.3 Å². The first kappa shape index (κ1) is 71.1. The fraction of sp³-hybridized carbons (Fsp3) is 0.903. The monoisotopic (exact) mass is 1330 g/mol. The molecule has 12 rings (SSSR count). The van der Waals surface area contributed by atoms with Crippen LogP contribution in [0.3, 0.4) is 0 Å². The van der Waals surface area contributed by atoms with Crippen LogP contribution in [-0.4, -0.2) is 201 Å². The van der Waals surface area contributed by atoms with Crippen molar-refractivity contribution in [3.05, 3.63) is 23.3 Å². The number of carboxylic acids is 1. The number of allylic oxidation sites excluding steroid dienone is 3. The van der Waals surface area contributed by atoms with Crippen molar-refractivity contribution in [1.82, 2.24) is 0 Å². The fourth-order valence-corrected chi connectivity index (χ4v) is 24.1. The average molecular weight is 1330 g/mol. The molecular formula is C72H112O22. The van der Waals surface area contributed by atoms with Gasteiger partial charge in [-0.25, -0.2) is 0 Å². The number of carbonyl (C=O) groups excluding carboxylic acids is 2. The Labute approximate surface area is 553 Å². The number of aliphatic hydroxyl groups is 12. The van der Waals surface area contributed by atoms with Gasteiger partial charge >= 0.3 is 17.9 Å². The van der Waals surface area contributed by atoms with Gasteiger partial charge in [0.2, 0.25) is 12.6 Å². The highest BCUT2D eigenvalue weighted by Gasteiger charge is 2.77. The second-order valence-corrected chi connectivity index (χ2v) is 35.7. The van der Waals surface area contributed by atoms with Gasteiger partial charge in [0.1, 0.15) is 54.9 Å². The van der Waals surface area contributed by atoms with Crippen molar-refractivity contribution in [2.45, 2.75) is 303 Å². The van der Waals surface area contributed by atoms with Crippen LogP contribution < -0.4 is 0 Å². The molecule has 0 bridgehead atoms. The van der Waals surface area contributed by atoms with Crippen molar-refractivity contribution in [1.29, 1.82) is 0 Å². The number of fused-ring (bicyclic) bond motifs is 13. The largest absolute Gasteiger partial charge is 0.481 e. The van der Waals surface area contributed by atoms with Gasteiger partial charge in [-0.2, -0.15) is 0 Å². The number of hydrogen-bond acceptors (Lipinski definition) is 21. The number of esters is 2. The lowest BCUT2D eigenvalue weighted by atomic mass is 9.31. The van der Waals surface area contributed by atoms with Gasteiger partial charge in [0.05, 0.1) is 59.5 Å². The summed E-state index contributed by atoms with van der Waals surface area (Å²) in [6.45, 7) is 25.6. The third-order valence-corrected chi connectivity index (χ3v) is 30.9. The molecule has 10 fully saturated rings. The van der Waals surface area contributed by atoms with Crippen molar-refractivity contribution < 1.29 is 109 Å². The Bertz CT molecular complexity index is 3040. The van der Waals surface area contributed by atoms with E-state index in [-0.39, 0.29) is 37.0 Å². The Balaban J connectivity index is 0.819. The average Bonchev–Trinajstić information content (AvgIpc) is 0.734. The highest BCUT2D eigenvalue weighted by Crippen LogP contribution is 2.79. The maximum atomic E-state index is 15.4. The SMILES string of the molecule is CC(C)(CC[C@]1(C(=O)O[C@@H]2O[C@H](CO)[C@H](O)[C@H](O)[C@@H]2O)CC[C@]2(C)C(=CC[C@@H]3[C@@]4(C)C[C@@H](O)[C@H](O)[C@](C)(C(=O)O)[C@@H]4CC[C@]32C)C1)[C@@H]1O[C@@H]2[C@H](O)[C@@]3(C)[C@@H](CC[C@@]4(C)[C@@H]3CC=C3[C@@]4(C)CC[C@@]4(C(=O)O[C@H]5O[C@@H](CO)[C@H](O)[C@H](O)[C@@H]5O)CCC(C)(C)[C@@H](O)[C@@]34C)C[C@@]2(C)O1. The normalized spacial score (nSPS) is 55.1. The maximum Gasteiger partial charge on any atom is 0.315 e. The molecule has 0 aromatic carbocycles. The molecule has 3 saturated heterocycles. The number of ether oxygens (including phenoxy) is 6. The molecule has 31 atom stereocenters. The third-order valence-electron chi connectivity index (χ3n) is 30.9. The van der Waals surface area contributed by atoms with E-state index in [0.29, 0.717) is 77.0 Å². The summed E-state index contributed by atoms with van der Waals surface area (Å²) in [7, 11) is 0. The summed E-state index contributed by atoms with van der Waals surface area (Å²) in [5, 5.41) is 145. The van der Waals surface area contributed by atoms with E-state index in [1.807, 2.05) is 41.5 Å². The Morgan fingerprint density at radius 1 is 0.596 bits per heavy atom. The molecule has 22 heteroatoms. The van der Waals surface area contributed by atoms with Crippen molar-refractivity contribution in [2.24, 2.45) is 88.7 Å². The van der Waals surface area contributed by atoms with Gasteiger partial charge in [-0.1, -0.05) is 99.5 Å². The minimum atomic E-state index is -1.84. The molecule has 532 valence electrons. The van der Waals surface area contributed by atoms with Crippen LogP contribution in [0.5, 0.6) is 0 Å². The van der Waals surface area contributed by atoms with Gasteiger partial charge in [-0.3, -0.25) is 14.4 Å². The number of aliphatic hydroxyl groups excluding tert-OH is 12. The van der Waals surface area contributed by atoms with Gasteiger partial charge < -0.3 is 94.8 Å². The first-order valence-electron chi connectivity index (χ1n) is 35.2. The van der Waals surface area contributed by atoms with E-state index in [0.717, 1.165) is 24.0 Å². The van der Waals surface area contributed by atoms with Crippen molar-refractivity contribution >= 4 is 17.9 Å². The first-order chi connectivity index (χ1) is 43.5. The second kappa shape index (κ2) is 22.9. The van der Waals surface area contributed by atoms with Gasteiger partial charge in [0.15, 0.2) is 6.29 Å². The van der Waals surface area contributed by atoms with E-state index in [9.17, 15) is 71.2 Å². The van der Waals surface area contributed by atoms with E-state index >= 15 is 9.59 Å². The molecule has 0 spiro atoms. The summed E-state index contributed by atoms with van der Waals surface area (Å²) in [6, 6.07) is 0. The van der Waals surface area contributed by atoms with E-state index in [1.165, 1.54) is 0 Å². The topological polar surface area (TPSA) is 370 Å². The Hall–Kier alpha value is -2.75. The summed E-state index contributed by atoms with van der Waals surface area (Å²) in [6.07, 6.45) is -10.5. The molecule has 12 aliphatic rings. The highest BCUT2D eigenvalue weighted by atomic mass is 16.8. The predicted molar refractivity (Wildman–Crippen MR) is 335 cm³/mol. The van der Waals surface area contributed by atoms with Crippen LogP contribution in [0, 0.1) is 88.7 Å². The number of carboxylic acid groups (broad SMARTS) is 1. The molecule has 9 aliphatic carbocycles. The van der Waals surface area contributed by atoms with Gasteiger partial charge in [0, 0.05) is 16.2 Å². The van der Waals surface area contributed by atoms with Crippen LogP contribution in [-0.2, 0) is 42.8 Å². The van der Waals surface area contributed by atoms with E-state index in [2.05, 4.69) is 53.7 Å². The summed E-state index contributed by atoms with van der Waals surface area (Å²) in [5.41, 5.74) is -9.10. The Morgan fingerprint density at radius 2 is 1.15 bits per heavy atom. The number of aliphatic carboxylic acids is 1. The third kappa shape index (κ3) is 9.38. The van der Waals surface area contributed by atoms with Crippen LogP contribution in [0.25, 0.3) is 0 Å². The Kier molecular flexibility index (Phi) is 17.3. The zero-order chi connectivity index (χ0) is 69.0. The first-order valence-corrected chi connectivity index (χ1v) is 35.2. The van der Waals surface area contributed by atoms with Crippen LogP contribution >= 0.6 is 0 Å². The predicted octanol–water partition coefficient (Wildman–Crippen LogP) is 4.85. The molecule has 3 heterocycles. The molecule has 0 radical (unpaired) electrons. The van der Waals surface area contributed by atoms with Crippen molar-refractivity contribution in [3.8, 4) is 0 Å². The highest BCUT2D eigenvalue weighted by molar-refractivity contribution is 5.81. The quantitative estimate of drug-likeness (QED) is 0.0971. The number of hydrogen-bond donors (Lipinski definition) is 13. The summed E-state index contributed by atoms with van der Waals surface area (Å²) < 4.78 is 38.1. The standard InChI is InChI=1S/C72H112O22/c1-60(2)23-28-72(58(88)93-54-49(81)47(79)45(77)39(34-74)90-54)29-25-66(9)43(70(72,13)55(60)84)17-16-42-65(66,8)20-18-36-30-67(10)52(51(83)68(36,42)11)91-59(94-67)61(3,4)22-26-71(57(87)92-53-48(80)46(78)44(76)38(33-73)89-53)27-24-63(6)35(31-71)14-15-40-62(5)32-37(75)50(82)69(12,56(85)86)41(62)19-21-64(40,63)7/h14,17,36-42,44-55,59,73-84H,15-16,18-34H2,1-13H3,(H,85,86)/t36-,37+,38+,39-,40+,41+,42-,44-,45-,46-,47-,48-,49-,50-,51-,52+,53-,54+,55+,59+,62+,63+,64+,65-,66+,67+,68-,69+,70+,71-,72+/m0/s1. The van der Waals surface area contributed by atoms with Crippen molar-refractivity contribution in [3.63, 3.8) is 0 Å². The smallest absolute Gasteiger partial charge is 0.315 e. The molecule has 94 heavy (non-hydrogen) atoms. The summed E-state index contributed by atoms with van der Waals surface area (Å²) in [4.78, 5) is 43.7. The zero-order valence-electron chi connectivity index (χ0n) is 57.6. The van der Waals surface area contributed by atoms with E-state index in [4.69, 9.17) is 28.4 Å². The maximum absolute atomic E-state index is 15.4. The van der Waals surface area contributed by atoms with Crippen LogP contribution in [0.4, 0.5) is 0 Å².